The van der Waals surface area contributed by atoms with Gasteiger partial charge in [0.2, 0.25) is 0 Å². The van der Waals surface area contributed by atoms with Crippen molar-refractivity contribution >= 4 is 64.1 Å². The van der Waals surface area contributed by atoms with Gasteiger partial charge in [0.15, 0.2) is 0 Å². The number of rotatable bonds is 2. The van der Waals surface area contributed by atoms with Crippen LogP contribution in [-0.2, 0) is 5.41 Å². The summed E-state index contributed by atoms with van der Waals surface area (Å²) in [6.07, 6.45) is 0. The van der Waals surface area contributed by atoms with Crippen LogP contribution in [0.5, 0.6) is 0 Å². The van der Waals surface area contributed by atoms with Crippen molar-refractivity contribution in [2.24, 2.45) is 0 Å². The molecule has 0 amide bonds. The average molecular weight is 714 g/mol. The molecule has 0 saturated heterocycles. The quantitative estimate of drug-likeness (QED) is 0.168. The number of hydrogen-bond donors (Lipinski definition) is 0. The van der Waals surface area contributed by atoms with E-state index in [0.717, 1.165) is 0 Å². The third-order valence-corrected chi connectivity index (χ3v) is 13.8. The molecule has 2 heterocycles. The average Bonchev–Trinajstić information content (AvgIpc) is 3.98. The van der Waals surface area contributed by atoms with Gasteiger partial charge in [0.25, 0.3) is 0 Å². The van der Waals surface area contributed by atoms with Crippen LogP contribution in [0.3, 0.4) is 0 Å². The van der Waals surface area contributed by atoms with Crippen molar-refractivity contribution in [3.63, 3.8) is 0 Å². The third-order valence-electron chi connectivity index (χ3n) is 12.6. The van der Waals surface area contributed by atoms with Gasteiger partial charge in [0.05, 0.1) is 21.1 Å². The van der Waals surface area contributed by atoms with Crippen LogP contribution in [0.4, 0.5) is 0 Å². The van der Waals surface area contributed by atoms with Crippen molar-refractivity contribution in [3.05, 3.63) is 210 Å². The van der Waals surface area contributed by atoms with Crippen LogP contribution < -0.4 is 0 Å². The smallest absolute Gasteiger partial charge is 0.0726 e. The minimum absolute atomic E-state index is 0.368. The van der Waals surface area contributed by atoms with E-state index >= 15 is 0 Å². The molecular formula is C53H31NS. The van der Waals surface area contributed by atoms with Gasteiger partial charge in [-0.3, -0.25) is 0 Å². The van der Waals surface area contributed by atoms with E-state index in [9.17, 15) is 0 Å². The summed E-state index contributed by atoms with van der Waals surface area (Å²) >= 11 is 1.92. The maximum absolute atomic E-state index is 2.53. The predicted octanol–water partition coefficient (Wildman–Crippen LogP) is 14.3. The first kappa shape index (κ1) is 29.7. The molecule has 2 aliphatic rings. The van der Waals surface area contributed by atoms with Gasteiger partial charge >= 0.3 is 0 Å². The second-order valence-electron chi connectivity index (χ2n) is 15.1. The Morgan fingerprint density at radius 2 is 0.927 bits per heavy atom. The Kier molecular flexibility index (Phi) is 5.77. The van der Waals surface area contributed by atoms with Crippen LogP contribution in [0.15, 0.2) is 188 Å². The topological polar surface area (TPSA) is 4.93 Å². The summed E-state index contributed by atoms with van der Waals surface area (Å²) in [4.78, 5) is 0. The molecule has 0 fully saturated rings. The third kappa shape index (κ3) is 3.68. The molecule has 0 bridgehead atoms. The Morgan fingerprint density at radius 3 is 1.64 bits per heavy atom. The zero-order chi connectivity index (χ0) is 35.8. The lowest BCUT2D eigenvalue weighted by atomic mass is 9.70. The zero-order valence-electron chi connectivity index (χ0n) is 29.8. The Labute approximate surface area is 322 Å². The van der Waals surface area contributed by atoms with Crippen molar-refractivity contribution in [1.82, 2.24) is 4.57 Å². The lowest BCUT2D eigenvalue weighted by Crippen LogP contribution is -2.25. The van der Waals surface area contributed by atoms with E-state index in [1.807, 2.05) is 11.3 Å². The molecule has 0 aliphatic heterocycles. The molecule has 0 saturated carbocycles. The molecule has 2 heteroatoms. The van der Waals surface area contributed by atoms with E-state index in [4.69, 9.17) is 0 Å². The van der Waals surface area contributed by atoms with Crippen molar-refractivity contribution in [3.8, 4) is 39.1 Å². The van der Waals surface area contributed by atoms with Crippen molar-refractivity contribution in [2.45, 2.75) is 5.41 Å². The van der Waals surface area contributed by atoms with Crippen LogP contribution in [0.2, 0.25) is 0 Å². The molecule has 0 unspecified atom stereocenters. The fourth-order valence-corrected chi connectivity index (χ4v) is 11.8. The van der Waals surface area contributed by atoms with Crippen molar-refractivity contribution in [2.75, 3.05) is 0 Å². The minimum Gasteiger partial charge on any atom is -0.308 e. The maximum Gasteiger partial charge on any atom is 0.0726 e. The van der Waals surface area contributed by atoms with Crippen molar-refractivity contribution in [1.29, 1.82) is 0 Å². The van der Waals surface area contributed by atoms with Gasteiger partial charge in [-0.15, -0.1) is 11.3 Å². The van der Waals surface area contributed by atoms with Gasteiger partial charge in [-0.2, -0.15) is 0 Å². The summed E-state index contributed by atoms with van der Waals surface area (Å²) in [6, 6.07) is 70.5. The van der Waals surface area contributed by atoms with Gasteiger partial charge in [-0.25, -0.2) is 0 Å². The van der Waals surface area contributed by atoms with Crippen LogP contribution >= 0.6 is 11.3 Å². The summed E-state index contributed by atoms with van der Waals surface area (Å²) in [6.45, 7) is 0. The van der Waals surface area contributed by atoms with E-state index in [1.54, 1.807) is 0 Å². The molecule has 1 spiro atoms. The Balaban J connectivity index is 1.09. The highest BCUT2D eigenvalue weighted by Gasteiger charge is 2.51. The molecule has 2 aliphatic carbocycles. The number of thiophene rings is 1. The standard InChI is InChI=1S/C53H31NS/c1-2-20-40-39(19-1)49-41-21-6-11-26-47(41)54(51(49)52-50(40)42-22-7-12-27-48(42)55-52)34-15-13-14-32(30-34)33-28-29-38-37-18-5-10-25-45(37)53(46(38)31-33)43-23-8-3-16-35(43)36-17-4-9-24-44(36)53/h1-31H. The minimum atomic E-state index is -0.368. The molecule has 2 aromatic heterocycles. The lowest BCUT2D eigenvalue weighted by Gasteiger charge is -2.30. The second kappa shape index (κ2) is 10.7. The van der Waals surface area contributed by atoms with E-state index in [1.165, 1.54) is 114 Å². The number of para-hydroxylation sites is 1. The molecule has 11 aromatic rings. The lowest BCUT2D eigenvalue weighted by molar-refractivity contribution is 0.794. The summed E-state index contributed by atoms with van der Waals surface area (Å²) < 4.78 is 5.20. The number of nitrogens with zero attached hydrogens (tertiary/aromatic N) is 1. The SMILES string of the molecule is c1cc(-c2ccc3c(c2)C2(c4ccccc4-c4ccccc42)c2ccccc2-3)cc(-n2c3ccccc3c3c4ccccc4c4c5ccccc5sc4c32)c1. The first-order valence-electron chi connectivity index (χ1n) is 19.1. The van der Waals surface area contributed by atoms with E-state index in [-0.39, 0.29) is 5.41 Å². The largest absolute Gasteiger partial charge is 0.308 e. The number of hydrogen-bond acceptors (Lipinski definition) is 1. The van der Waals surface area contributed by atoms with Crippen LogP contribution in [0.1, 0.15) is 22.3 Å². The summed E-state index contributed by atoms with van der Waals surface area (Å²) in [5.41, 5.74) is 16.6. The zero-order valence-corrected chi connectivity index (χ0v) is 30.6. The van der Waals surface area contributed by atoms with Gasteiger partial charge < -0.3 is 4.57 Å². The molecule has 0 N–H and O–H groups in total. The first-order valence-corrected chi connectivity index (χ1v) is 19.9. The van der Waals surface area contributed by atoms with E-state index in [0.29, 0.717) is 0 Å². The maximum atomic E-state index is 2.53. The van der Waals surface area contributed by atoms with Gasteiger partial charge in [0, 0.05) is 31.9 Å². The Morgan fingerprint density at radius 1 is 0.382 bits per heavy atom. The molecule has 13 rings (SSSR count). The number of benzene rings is 9. The van der Waals surface area contributed by atoms with Crippen LogP contribution in [-0.4, -0.2) is 4.57 Å². The van der Waals surface area contributed by atoms with Gasteiger partial charge in [0.1, 0.15) is 0 Å². The normalized spacial score (nSPS) is 13.6. The molecule has 1 nitrogen and oxygen atoms in total. The first-order chi connectivity index (χ1) is 27.3. The fraction of sp³-hybridized carbons (Fsp3) is 0.0189. The number of aromatic nitrogens is 1. The highest BCUT2D eigenvalue weighted by atomic mass is 32.1. The molecule has 9 aromatic carbocycles. The van der Waals surface area contributed by atoms with E-state index in [2.05, 4.69) is 193 Å². The monoisotopic (exact) mass is 713 g/mol. The highest BCUT2D eigenvalue weighted by molar-refractivity contribution is 7.27. The molecule has 0 radical (unpaired) electrons. The van der Waals surface area contributed by atoms with Gasteiger partial charge in [-0.05, 0) is 96.7 Å². The molecule has 55 heavy (non-hydrogen) atoms. The summed E-state index contributed by atoms with van der Waals surface area (Å²) in [5.74, 6) is 0. The predicted molar refractivity (Wildman–Crippen MR) is 233 cm³/mol. The summed E-state index contributed by atoms with van der Waals surface area (Å²) in [7, 11) is 0. The van der Waals surface area contributed by atoms with E-state index < -0.39 is 0 Å². The fourth-order valence-electron chi connectivity index (χ4n) is 10.5. The number of fused-ring (bicyclic) bond motifs is 20. The Hall–Kier alpha value is -6.74. The second-order valence-corrected chi connectivity index (χ2v) is 16.2. The molecule has 0 atom stereocenters. The van der Waals surface area contributed by atoms with Crippen LogP contribution in [0, 0.1) is 0 Å². The van der Waals surface area contributed by atoms with Gasteiger partial charge in [-0.1, -0.05) is 158 Å². The Bertz CT molecular complexity index is 3380. The molecule has 254 valence electrons. The summed E-state index contributed by atoms with van der Waals surface area (Å²) in [5, 5.41) is 7.92. The highest BCUT2D eigenvalue weighted by Crippen LogP contribution is 2.63. The van der Waals surface area contributed by atoms with Crippen LogP contribution in [0.25, 0.3) is 91.8 Å². The van der Waals surface area contributed by atoms with Crippen molar-refractivity contribution < 1.29 is 0 Å². The molecular weight excluding hydrogens is 683 g/mol.